The molecular formula is C7H15O2SSi-. The molecule has 11 heavy (non-hydrogen) atoms. The summed E-state index contributed by atoms with van der Waals surface area (Å²) >= 11 is 4.58. The summed E-state index contributed by atoms with van der Waals surface area (Å²) in [6, 6.07) is 0. The van der Waals surface area contributed by atoms with Gasteiger partial charge in [-0.15, -0.1) is 0 Å². The van der Waals surface area contributed by atoms with E-state index in [2.05, 4.69) is 12.6 Å². The van der Waals surface area contributed by atoms with Crippen LogP contribution in [0, 0.1) is 0 Å². The average molecular weight is 191 g/mol. The van der Waals surface area contributed by atoms with Crippen molar-refractivity contribution in [2.24, 2.45) is 0 Å². The standard InChI is InChI=1S/C7H16O2SSi/c1-5-9-11(3,4)6(2)7(8)10/h6H,5H2,1-4H3,(H,8,10)/p-1. The molecule has 0 aromatic carbocycles. The van der Waals surface area contributed by atoms with E-state index in [0.29, 0.717) is 6.61 Å². The molecule has 66 valence electrons. The predicted octanol–water partition coefficient (Wildman–Crippen LogP) is 1.69. The molecule has 0 bridgehead atoms. The molecule has 0 rings (SSSR count). The third kappa shape index (κ3) is 3.31. The van der Waals surface area contributed by atoms with E-state index in [9.17, 15) is 4.79 Å². The molecule has 0 aromatic rings. The molecule has 0 aromatic heterocycles. The molecular weight excluding hydrogens is 176 g/mol. The molecule has 0 aliphatic heterocycles. The summed E-state index contributed by atoms with van der Waals surface area (Å²) in [6.45, 7) is 8.51. The molecule has 0 N–H and O–H groups in total. The van der Waals surface area contributed by atoms with Crippen molar-refractivity contribution < 1.29 is 9.22 Å². The first-order valence-corrected chi connectivity index (χ1v) is 7.16. The second-order valence-corrected chi connectivity index (χ2v) is 7.84. The summed E-state index contributed by atoms with van der Waals surface area (Å²) in [4.78, 5) is 10.8. The molecule has 0 fully saturated rings. The number of carbonyl (C=O) groups is 1. The summed E-state index contributed by atoms with van der Waals surface area (Å²) < 4.78 is 5.50. The Morgan fingerprint density at radius 1 is 1.64 bits per heavy atom. The fourth-order valence-electron chi connectivity index (χ4n) is 0.781. The van der Waals surface area contributed by atoms with Crippen molar-refractivity contribution in [3.63, 3.8) is 0 Å². The Hall–Kier alpha value is 0.0669. The molecule has 1 atom stereocenters. The summed E-state index contributed by atoms with van der Waals surface area (Å²) in [5.74, 6) is 0. The van der Waals surface area contributed by atoms with Gasteiger partial charge in [0.1, 0.15) is 0 Å². The first kappa shape index (κ1) is 11.1. The van der Waals surface area contributed by atoms with Crippen molar-refractivity contribution >= 4 is 26.1 Å². The minimum atomic E-state index is -1.82. The van der Waals surface area contributed by atoms with E-state index in [1.165, 1.54) is 0 Å². The van der Waals surface area contributed by atoms with E-state index in [1.807, 2.05) is 26.9 Å². The molecule has 0 saturated carbocycles. The zero-order chi connectivity index (χ0) is 9.07. The number of carbonyl (C=O) groups excluding carboxylic acids is 1. The van der Waals surface area contributed by atoms with E-state index in [-0.39, 0.29) is 10.7 Å². The van der Waals surface area contributed by atoms with Gasteiger partial charge in [-0.2, -0.15) is 0 Å². The monoisotopic (exact) mass is 191 g/mol. The normalized spacial score (nSPS) is 14.5. The van der Waals surface area contributed by atoms with Crippen molar-refractivity contribution in [2.75, 3.05) is 6.61 Å². The predicted molar refractivity (Wildman–Crippen MR) is 50.9 cm³/mol. The second kappa shape index (κ2) is 4.18. The third-order valence-corrected chi connectivity index (χ3v) is 5.86. The van der Waals surface area contributed by atoms with E-state index >= 15 is 0 Å². The minimum Gasteiger partial charge on any atom is -0.742 e. The van der Waals surface area contributed by atoms with Crippen LogP contribution in [-0.2, 0) is 21.8 Å². The van der Waals surface area contributed by atoms with Gasteiger partial charge in [0, 0.05) is 17.3 Å². The van der Waals surface area contributed by atoms with E-state index in [1.54, 1.807) is 0 Å². The lowest BCUT2D eigenvalue weighted by atomic mass is 10.5. The first-order valence-electron chi connectivity index (χ1n) is 3.76. The Balaban J connectivity index is 4.16. The van der Waals surface area contributed by atoms with Crippen LogP contribution in [-0.4, -0.2) is 20.0 Å². The lowest BCUT2D eigenvalue weighted by Crippen LogP contribution is -2.38. The van der Waals surface area contributed by atoms with Crippen molar-refractivity contribution in [3.8, 4) is 0 Å². The van der Waals surface area contributed by atoms with Crippen LogP contribution in [0.3, 0.4) is 0 Å². The molecule has 0 radical (unpaired) electrons. The molecule has 0 saturated heterocycles. The highest BCUT2D eigenvalue weighted by atomic mass is 32.1. The van der Waals surface area contributed by atoms with E-state index in [0.717, 1.165) is 0 Å². The van der Waals surface area contributed by atoms with E-state index in [4.69, 9.17) is 4.43 Å². The maximum atomic E-state index is 10.8. The highest BCUT2D eigenvalue weighted by Gasteiger charge is 2.30. The molecule has 0 heterocycles. The average Bonchev–Trinajstić information content (AvgIpc) is 1.86. The zero-order valence-corrected chi connectivity index (χ0v) is 9.33. The van der Waals surface area contributed by atoms with Gasteiger partial charge in [-0.05, 0) is 20.0 Å². The van der Waals surface area contributed by atoms with E-state index < -0.39 is 8.32 Å². The summed E-state index contributed by atoms with van der Waals surface area (Å²) in [5, 5.41) is -0.171. The fourth-order valence-corrected chi connectivity index (χ4v) is 3.19. The maximum Gasteiger partial charge on any atom is 0.194 e. The number of hydrogen-bond acceptors (Lipinski definition) is 3. The molecule has 0 amide bonds. The van der Waals surface area contributed by atoms with Gasteiger partial charge < -0.3 is 21.8 Å². The Morgan fingerprint density at radius 3 is 2.36 bits per heavy atom. The van der Waals surface area contributed by atoms with Crippen LogP contribution in [0.15, 0.2) is 0 Å². The van der Waals surface area contributed by atoms with Gasteiger partial charge in [0.2, 0.25) is 0 Å². The Bertz CT molecular complexity index is 147. The van der Waals surface area contributed by atoms with Crippen LogP contribution in [0.1, 0.15) is 13.8 Å². The number of hydrogen-bond donors (Lipinski definition) is 0. The van der Waals surface area contributed by atoms with Crippen LogP contribution in [0.4, 0.5) is 0 Å². The number of rotatable bonds is 4. The lowest BCUT2D eigenvalue weighted by molar-refractivity contribution is -0.110. The Labute approximate surface area is 74.9 Å². The fraction of sp³-hybridized carbons (Fsp3) is 0.857. The van der Waals surface area contributed by atoms with Gasteiger partial charge in [-0.1, -0.05) is 6.92 Å². The zero-order valence-electron chi connectivity index (χ0n) is 7.51. The van der Waals surface area contributed by atoms with Gasteiger partial charge in [0.25, 0.3) is 0 Å². The molecule has 0 spiro atoms. The summed E-state index contributed by atoms with van der Waals surface area (Å²) in [5.41, 5.74) is -0.0718. The lowest BCUT2D eigenvalue weighted by Gasteiger charge is -2.30. The summed E-state index contributed by atoms with van der Waals surface area (Å²) in [6.07, 6.45) is 0. The van der Waals surface area contributed by atoms with Crippen molar-refractivity contribution in [2.45, 2.75) is 32.5 Å². The summed E-state index contributed by atoms with van der Waals surface area (Å²) in [7, 11) is -1.82. The maximum absolute atomic E-state index is 10.8. The van der Waals surface area contributed by atoms with Gasteiger partial charge in [0.15, 0.2) is 8.32 Å². The Kier molecular flexibility index (Phi) is 4.21. The highest BCUT2D eigenvalue weighted by molar-refractivity contribution is 7.77. The van der Waals surface area contributed by atoms with Crippen LogP contribution in [0.5, 0.6) is 0 Å². The molecule has 0 aliphatic carbocycles. The van der Waals surface area contributed by atoms with Crippen LogP contribution < -0.4 is 0 Å². The van der Waals surface area contributed by atoms with Crippen LogP contribution >= 0.6 is 0 Å². The highest BCUT2D eigenvalue weighted by Crippen LogP contribution is 2.22. The van der Waals surface area contributed by atoms with Crippen molar-refractivity contribution in [1.82, 2.24) is 0 Å². The quantitative estimate of drug-likeness (QED) is 0.500. The Morgan fingerprint density at radius 2 is 2.09 bits per heavy atom. The SMILES string of the molecule is CCO[Si](C)(C)C(C)C(=O)[S-]. The van der Waals surface area contributed by atoms with Gasteiger partial charge in [-0.3, -0.25) is 0 Å². The van der Waals surface area contributed by atoms with Gasteiger partial charge in [-0.25, -0.2) is 0 Å². The molecule has 4 heteroatoms. The third-order valence-electron chi connectivity index (χ3n) is 1.91. The van der Waals surface area contributed by atoms with Crippen LogP contribution in [0.2, 0.25) is 18.6 Å². The largest absolute Gasteiger partial charge is 0.742 e. The second-order valence-electron chi connectivity index (χ2n) is 3.08. The smallest absolute Gasteiger partial charge is 0.194 e. The van der Waals surface area contributed by atoms with Gasteiger partial charge >= 0.3 is 0 Å². The van der Waals surface area contributed by atoms with Crippen LogP contribution in [0.25, 0.3) is 0 Å². The minimum absolute atomic E-state index is 0.0718. The molecule has 2 nitrogen and oxygen atoms in total. The topological polar surface area (TPSA) is 26.3 Å². The molecule has 0 aliphatic rings. The van der Waals surface area contributed by atoms with Gasteiger partial charge in [0.05, 0.1) is 0 Å². The van der Waals surface area contributed by atoms with Crippen molar-refractivity contribution in [3.05, 3.63) is 0 Å². The molecule has 1 unspecified atom stereocenters. The van der Waals surface area contributed by atoms with Crippen molar-refractivity contribution in [1.29, 1.82) is 0 Å². The first-order chi connectivity index (χ1) is 4.91.